The fraction of sp³-hybridized carbons (Fsp3) is 0.933. The Hall–Kier alpha value is -0.610. The van der Waals surface area contributed by atoms with Gasteiger partial charge in [0.25, 0.3) is 0 Å². The Morgan fingerprint density at radius 1 is 1.26 bits per heavy atom. The van der Waals surface area contributed by atoms with Crippen molar-refractivity contribution in [1.82, 2.24) is 9.80 Å². The molecule has 2 rings (SSSR count). The monoisotopic (exact) mass is 268 g/mol. The first-order chi connectivity index (χ1) is 9.10. The summed E-state index contributed by atoms with van der Waals surface area (Å²) >= 11 is 0. The van der Waals surface area contributed by atoms with E-state index in [2.05, 4.69) is 11.8 Å². The molecule has 0 spiro atoms. The van der Waals surface area contributed by atoms with Crippen LogP contribution in [0.3, 0.4) is 0 Å². The first-order valence-corrected chi connectivity index (χ1v) is 7.69. The minimum Gasteiger partial charge on any atom is -0.396 e. The average molecular weight is 268 g/mol. The van der Waals surface area contributed by atoms with Gasteiger partial charge in [-0.25, -0.2) is 0 Å². The van der Waals surface area contributed by atoms with Crippen molar-refractivity contribution in [3.05, 3.63) is 0 Å². The van der Waals surface area contributed by atoms with Crippen LogP contribution in [0.4, 0.5) is 0 Å². The Labute approximate surface area is 116 Å². The van der Waals surface area contributed by atoms with Gasteiger partial charge in [-0.05, 0) is 50.5 Å². The van der Waals surface area contributed by atoms with E-state index in [1.807, 2.05) is 11.9 Å². The van der Waals surface area contributed by atoms with Gasteiger partial charge in [0.05, 0.1) is 6.54 Å². The molecule has 1 N–H and O–H groups in total. The molecule has 2 fully saturated rings. The number of aliphatic hydroxyl groups is 1. The lowest BCUT2D eigenvalue weighted by atomic mass is 9.87. The van der Waals surface area contributed by atoms with Gasteiger partial charge in [0.2, 0.25) is 5.91 Å². The fourth-order valence-corrected chi connectivity index (χ4v) is 3.34. The minimum atomic E-state index is 0.248. The van der Waals surface area contributed by atoms with Crippen LogP contribution >= 0.6 is 0 Å². The molecule has 4 nitrogen and oxygen atoms in total. The zero-order chi connectivity index (χ0) is 13.8. The zero-order valence-corrected chi connectivity index (χ0v) is 12.3. The number of likely N-dealkylation sites (tertiary alicyclic amines) is 1. The van der Waals surface area contributed by atoms with E-state index in [1.165, 1.54) is 12.8 Å². The van der Waals surface area contributed by atoms with Crippen molar-refractivity contribution in [2.75, 3.05) is 33.3 Å². The van der Waals surface area contributed by atoms with Crippen LogP contribution in [0.15, 0.2) is 0 Å². The summed E-state index contributed by atoms with van der Waals surface area (Å²) < 4.78 is 0. The van der Waals surface area contributed by atoms with Gasteiger partial charge in [0, 0.05) is 26.2 Å². The van der Waals surface area contributed by atoms with Crippen molar-refractivity contribution in [1.29, 1.82) is 0 Å². The molecular weight excluding hydrogens is 240 g/mol. The van der Waals surface area contributed by atoms with Crippen LogP contribution in [0.1, 0.15) is 39.0 Å². The molecule has 4 heteroatoms. The number of likely N-dealkylation sites (N-methyl/N-ethyl adjacent to an activating group) is 1. The number of nitrogens with zero attached hydrogens (tertiary/aromatic N) is 2. The highest BCUT2D eigenvalue weighted by Gasteiger charge is 2.28. The first kappa shape index (κ1) is 14.8. The summed E-state index contributed by atoms with van der Waals surface area (Å²) in [5.74, 6) is 1.44. The van der Waals surface area contributed by atoms with Crippen molar-refractivity contribution < 1.29 is 9.90 Å². The van der Waals surface area contributed by atoms with E-state index in [0.717, 1.165) is 38.3 Å². The van der Waals surface area contributed by atoms with Crippen molar-refractivity contribution >= 4 is 5.91 Å². The zero-order valence-electron chi connectivity index (χ0n) is 12.3. The molecule has 1 atom stereocenters. The third-order valence-electron chi connectivity index (χ3n) is 4.91. The SMILES string of the molecule is CC1CCC(N(C)C(=O)CN2CCC(CO)C2)CC1. The Kier molecular flexibility index (Phi) is 5.22. The van der Waals surface area contributed by atoms with Gasteiger partial charge in [0.15, 0.2) is 0 Å². The van der Waals surface area contributed by atoms with Crippen LogP contribution in [-0.2, 0) is 4.79 Å². The maximum Gasteiger partial charge on any atom is 0.236 e. The van der Waals surface area contributed by atoms with Gasteiger partial charge in [-0.15, -0.1) is 0 Å². The third-order valence-corrected chi connectivity index (χ3v) is 4.91. The highest BCUT2D eigenvalue weighted by Crippen LogP contribution is 2.26. The molecule has 0 bridgehead atoms. The quantitative estimate of drug-likeness (QED) is 0.837. The minimum absolute atomic E-state index is 0.248. The predicted molar refractivity (Wildman–Crippen MR) is 75.8 cm³/mol. The number of aliphatic hydroxyl groups excluding tert-OH is 1. The summed E-state index contributed by atoms with van der Waals surface area (Å²) in [6.45, 7) is 4.90. The second-order valence-electron chi connectivity index (χ2n) is 6.49. The van der Waals surface area contributed by atoms with Gasteiger partial charge < -0.3 is 10.0 Å². The van der Waals surface area contributed by atoms with Crippen LogP contribution in [0, 0.1) is 11.8 Å². The summed E-state index contributed by atoms with van der Waals surface area (Å²) in [4.78, 5) is 16.5. The molecule has 1 heterocycles. The first-order valence-electron chi connectivity index (χ1n) is 7.69. The second-order valence-corrected chi connectivity index (χ2v) is 6.49. The summed E-state index contributed by atoms with van der Waals surface area (Å²) in [6, 6.07) is 0.444. The van der Waals surface area contributed by atoms with E-state index in [1.54, 1.807) is 0 Å². The molecule has 1 unspecified atom stereocenters. The van der Waals surface area contributed by atoms with Crippen molar-refractivity contribution in [3.63, 3.8) is 0 Å². The standard InChI is InChI=1S/C15H28N2O2/c1-12-3-5-14(6-4-12)16(2)15(19)10-17-8-7-13(9-17)11-18/h12-14,18H,3-11H2,1-2H3. The number of hydrogen-bond acceptors (Lipinski definition) is 3. The van der Waals surface area contributed by atoms with Crippen molar-refractivity contribution in [3.8, 4) is 0 Å². The van der Waals surface area contributed by atoms with Gasteiger partial charge in [-0.1, -0.05) is 6.92 Å². The Balaban J connectivity index is 1.76. The van der Waals surface area contributed by atoms with Gasteiger partial charge in [-0.2, -0.15) is 0 Å². The summed E-state index contributed by atoms with van der Waals surface area (Å²) in [5, 5.41) is 9.13. The molecule has 1 saturated carbocycles. The fourth-order valence-electron chi connectivity index (χ4n) is 3.34. The number of rotatable bonds is 4. The van der Waals surface area contributed by atoms with E-state index < -0.39 is 0 Å². The maximum absolute atomic E-state index is 12.3. The van der Waals surface area contributed by atoms with Gasteiger partial charge >= 0.3 is 0 Å². The van der Waals surface area contributed by atoms with E-state index in [-0.39, 0.29) is 12.5 Å². The molecule has 1 amide bonds. The molecule has 0 radical (unpaired) electrons. The molecule has 1 aliphatic carbocycles. The summed E-state index contributed by atoms with van der Waals surface area (Å²) in [5.41, 5.74) is 0. The second kappa shape index (κ2) is 6.71. The topological polar surface area (TPSA) is 43.8 Å². The van der Waals surface area contributed by atoms with Gasteiger partial charge in [-0.3, -0.25) is 9.69 Å². The summed E-state index contributed by atoms with van der Waals surface area (Å²) in [7, 11) is 1.96. The lowest BCUT2D eigenvalue weighted by molar-refractivity contribution is -0.133. The molecule has 110 valence electrons. The number of hydrogen-bond donors (Lipinski definition) is 1. The molecule has 1 aliphatic heterocycles. The van der Waals surface area contributed by atoms with Gasteiger partial charge in [0.1, 0.15) is 0 Å². The van der Waals surface area contributed by atoms with Crippen LogP contribution < -0.4 is 0 Å². The lowest BCUT2D eigenvalue weighted by Crippen LogP contribution is -2.44. The third kappa shape index (κ3) is 3.93. The Bertz CT molecular complexity index is 301. The van der Waals surface area contributed by atoms with Crippen LogP contribution in [0.25, 0.3) is 0 Å². The number of amides is 1. The molecule has 1 saturated heterocycles. The van der Waals surface area contributed by atoms with Crippen LogP contribution in [-0.4, -0.2) is 60.1 Å². The normalized spacial score (nSPS) is 32.5. The van der Waals surface area contributed by atoms with E-state index >= 15 is 0 Å². The Morgan fingerprint density at radius 3 is 2.53 bits per heavy atom. The molecule has 0 aromatic heterocycles. The van der Waals surface area contributed by atoms with E-state index in [4.69, 9.17) is 5.11 Å². The largest absolute Gasteiger partial charge is 0.396 e. The average Bonchev–Trinajstić information content (AvgIpc) is 2.86. The highest BCUT2D eigenvalue weighted by molar-refractivity contribution is 5.78. The molecule has 0 aromatic rings. The molecule has 2 aliphatic rings. The smallest absolute Gasteiger partial charge is 0.236 e. The number of carbonyl (C=O) groups is 1. The van der Waals surface area contributed by atoms with Crippen LogP contribution in [0.5, 0.6) is 0 Å². The van der Waals surface area contributed by atoms with Crippen molar-refractivity contribution in [2.45, 2.75) is 45.1 Å². The molecular formula is C15H28N2O2. The predicted octanol–water partition coefficient (Wildman–Crippen LogP) is 1.34. The van der Waals surface area contributed by atoms with Crippen LogP contribution in [0.2, 0.25) is 0 Å². The highest BCUT2D eigenvalue weighted by atomic mass is 16.3. The lowest BCUT2D eigenvalue weighted by Gasteiger charge is -2.34. The van der Waals surface area contributed by atoms with Crippen molar-refractivity contribution in [2.24, 2.45) is 11.8 Å². The molecule has 19 heavy (non-hydrogen) atoms. The Morgan fingerprint density at radius 2 is 1.95 bits per heavy atom. The van der Waals surface area contributed by atoms with E-state index in [0.29, 0.717) is 18.5 Å². The maximum atomic E-state index is 12.3. The molecule has 0 aromatic carbocycles. The number of carbonyl (C=O) groups excluding carboxylic acids is 1. The van der Waals surface area contributed by atoms with E-state index in [9.17, 15) is 4.79 Å². The summed E-state index contributed by atoms with van der Waals surface area (Å²) in [6.07, 6.45) is 5.83.